The lowest BCUT2D eigenvalue weighted by atomic mass is 9.61. The van der Waals surface area contributed by atoms with E-state index in [0.29, 0.717) is 6.54 Å². The summed E-state index contributed by atoms with van der Waals surface area (Å²) in [5, 5.41) is 0. The van der Waals surface area contributed by atoms with Crippen LogP contribution in [0.3, 0.4) is 0 Å². The molecule has 4 unspecified atom stereocenters. The van der Waals surface area contributed by atoms with Crippen LogP contribution >= 0.6 is 0 Å². The van der Waals surface area contributed by atoms with E-state index in [0.717, 1.165) is 56.0 Å². The molecule has 0 radical (unpaired) electrons. The zero-order valence-corrected chi connectivity index (χ0v) is 32.2. The fourth-order valence-corrected chi connectivity index (χ4v) is 9.27. The van der Waals surface area contributed by atoms with Gasteiger partial charge in [0.25, 0.3) is 11.8 Å². The Morgan fingerprint density at radius 2 is 0.878 bits per heavy atom. The Hall–Kier alpha value is -1.91. The minimum absolute atomic E-state index is 0.143. The summed E-state index contributed by atoms with van der Waals surface area (Å²) in [5.41, 5.74) is 0. The van der Waals surface area contributed by atoms with Gasteiger partial charge in [-0.15, -0.1) is 0 Å². The minimum Gasteiger partial charge on any atom is -0.335 e. The van der Waals surface area contributed by atoms with Gasteiger partial charge in [0.15, 0.2) is 0 Å². The Bertz CT molecular complexity index is 955. The molecule has 0 spiro atoms. The Kier molecular flexibility index (Phi) is 22.0. The van der Waals surface area contributed by atoms with Crippen LogP contribution in [0.25, 0.3) is 0 Å². The van der Waals surface area contributed by atoms with Gasteiger partial charge >= 0.3 is 0 Å². The lowest BCUT2D eigenvalue weighted by molar-refractivity contribution is -0.136. The molecule has 3 amide bonds. The number of carbonyl (C=O) groups is 3. The largest absolute Gasteiger partial charge is 0.335 e. The summed E-state index contributed by atoms with van der Waals surface area (Å²) < 4.78 is 0. The quantitative estimate of drug-likeness (QED) is 0.0560. The van der Waals surface area contributed by atoms with Crippen LogP contribution in [-0.4, -0.2) is 47.2 Å². The Morgan fingerprint density at radius 1 is 0.469 bits per heavy atom. The summed E-state index contributed by atoms with van der Waals surface area (Å²) in [6.07, 6.45) is 44.4. The Labute approximate surface area is 302 Å². The van der Waals surface area contributed by atoms with Gasteiger partial charge in [0.1, 0.15) is 0 Å². The highest BCUT2D eigenvalue weighted by molar-refractivity contribution is 6.12. The molecular weight excluding hydrogens is 604 g/mol. The predicted octanol–water partition coefficient (Wildman–Crippen LogP) is 11.8. The van der Waals surface area contributed by atoms with Gasteiger partial charge in [-0.3, -0.25) is 19.3 Å². The molecular formula is C44H76N2O3. The normalized spacial score (nSPS) is 22.4. The molecule has 2 heterocycles. The van der Waals surface area contributed by atoms with Gasteiger partial charge in [-0.25, -0.2) is 0 Å². The van der Waals surface area contributed by atoms with E-state index >= 15 is 0 Å². The molecule has 2 aliphatic heterocycles. The topological polar surface area (TPSA) is 57.7 Å². The molecule has 0 bridgehead atoms. The van der Waals surface area contributed by atoms with Gasteiger partial charge in [0.05, 0.1) is 0 Å². The number of amides is 3. The first-order valence-electron chi connectivity index (χ1n) is 21.5. The van der Waals surface area contributed by atoms with Crippen molar-refractivity contribution in [1.29, 1.82) is 0 Å². The van der Waals surface area contributed by atoms with Crippen LogP contribution < -0.4 is 0 Å². The van der Waals surface area contributed by atoms with E-state index in [4.69, 9.17) is 0 Å². The van der Waals surface area contributed by atoms with Crippen molar-refractivity contribution in [2.24, 2.45) is 23.7 Å². The fourth-order valence-electron chi connectivity index (χ4n) is 9.27. The Morgan fingerprint density at radius 3 is 1.35 bits per heavy atom. The van der Waals surface area contributed by atoms with Gasteiger partial charge < -0.3 is 4.90 Å². The lowest BCUT2D eigenvalue weighted by Gasteiger charge is -2.44. The zero-order chi connectivity index (χ0) is 34.9. The second-order valence-electron chi connectivity index (χ2n) is 16.0. The van der Waals surface area contributed by atoms with Crippen LogP contribution in [0.4, 0.5) is 0 Å². The fraction of sp³-hybridized carbons (Fsp3) is 0.841. The predicted molar refractivity (Wildman–Crippen MR) is 206 cm³/mol. The first-order valence-corrected chi connectivity index (χ1v) is 21.5. The molecule has 1 aliphatic carbocycles. The molecule has 280 valence electrons. The summed E-state index contributed by atoms with van der Waals surface area (Å²) in [4.78, 5) is 38.8. The summed E-state index contributed by atoms with van der Waals surface area (Å²) >= 11 is 0. The van der Waals surface area contributed by atoms with E-state index in [1.165, 1.54) is 178 Å². The molecule has 0 aromatic carbocycles. The molecule has 0 saturated heterocycles. The van der Waals surface area contributed by atoms with E-state index < -0.39 is 0 Å². The second kappa shape index (κ2) is 26.0. The number of imide groups is 1. The smallest absolute Gasteiger partial charge is 0.253 e. The van der Waals surface area contributed by atoms with Crippen molar-refractivity contribution in [3.8, 4) is 0 Å². The van der Waals surface area contributed by atoms with Crippen LogP contribution in [0.1, 0.15) is 194 Å². The van der Waals surface area contributed by atoms with Crippen molar-refractivity contribution in [1.82, 2.24) is 9.80 Å². The highest BCUT2D eigenvalue weighted by Crippen LogP contribution is 2.47. The third-order valence-corrected chi connectivity index (χ3v) is 12.2. The third kappa shape index (κ3) is 16.3. The Balaban J connectivity index is 1.45. The monoisotopic (exact) mass is 681 g/mol. The van der Waals surface area contributed by atoms with Gasteiger partial charge in [-0.1, -0.05) is 161 Å². The first-order chi connectivity index (χ1) is 24.0. The van der Waals surface area contributed by atoms with Gasteiger partial charge in [-0.05, 0) is 62.2 Å². The molecule has 0 aromatic heterocycles. The lowest BCUT2D eigenvalue weighted by Crippen LogP contribution is -2.35. The number of hydrogen-bond donors (Lipinski definition) is 0. The van der Waals surface area contributed by atoms with Crippen molar-refractivity contribution in [2.45, 2.75) is 194 Å². The maximum Gasteiger partial charge on any atom is 0.253 e. The van der Waals surface area contributed by atoms with Crippen LogP contribution in [0, 0.1) is 23.7 Å². The van der Waals surface area contributed by atoms with Crippen molar-refractivity contribution in [2.75, 3.05) is 19.6 Å². The average Bonchev–Trinajstić information content (AvgIpc) is 3.66. The molecule has 0 aromatic rings. The van der Waals surface area contributed by atoms with Crippen molar-refractivity contribution < 1.29 is 14.4 Å². The van der Waals surface area contributed by atoms with Crippen LogP contribution in [0.15, 0.2) is 24.3 Å². The summed E-state index contributed by atoms with van der Waals surface area (Å²) in [7, 11) is 0. The van der Waals surface area contributed by atoms with Gasteiger partial charge in [-0.2, -0.15) is 0 Å². The summed E-state index contributed by atoms with van der Waals surface area (Å²) in [6.45, 7) is 6.97. The van der Waals surface area contributed by atoms with Crippen molar-refractivity contribution in [3.05, 3.63) is 24.3 Å². The van der Waals surface area contributed by atoms with Crippen molar-refractivity contribution >= 4 is 17.7 Å². The molecule has 3 aliphatic rings. The van der Waals surface area contributed by atoms with Crippen LogP contribution in [-0.2, 0) is 14.4 Å². The van der Waals surface area contributed by atoms with Crippen LogP contribution in [0.2, 0.25) is 0 Å². The van der Waals surface area contributed by atoms with Crippen LogP contribution in [0.5, 0.6) is 0 Å². The van der Waals surface area contributed by atoms with E-state index in [9.17, 15) is 14.4 Å². The molecule has 3 rings (SSSR count). The van der Waals surface area contributed by atoms with E-state index in [1.54, 1.807) is 6.08 Å². The first kappa shape index (κ1) is 41.5. The second-order valence-corrected chi connectivity index (χ2v) is 16.0. The SMILES string of the molecule is CCCCCCCCC1C(CCCCCC)CCC(CCCCCCCCN2CC=CC2=O)C1CCCCCCCCN1C(=O)C=CC1=O. The van der Waals surface area contributed by atoms with E-state index in [1.807, 2.05) is 11.0 Å². The van der Waals surface area contributed by atoms with Gasteiger partial charge in [0.2, 0.25) is 5.91 Å². The van der Waals surface area contributed by atoms with Gasteiger partial charge in [0, 0.05) is 37.9 Å². The standard InChI is InChI=1S/C44H76N2O3/c1-3-5-7-9-15-21-28-40-38(26-19-8-6-4-2)31-32-39(27-20-14-10-12-17-23-35-45-36-25-30-42(45)47)41(40)29-22-16-11-13-18-24-37-46-43(48)33-34-44(46)49/h25,30,33-34,38-41H,3-24,26-29,31-32,35-37H2,1-2H3. The molecule has 49 heavy (non-hydrogen) atoms. The zero-order valence-electron chi connectivity index (χ0n) is 32.2. The molecule has 5 nitrogen and oxygen atoms in total. The molecule has 1 fully saturated rings. The molecule has 4 atom stereocenters. The maximum absolute atomic E-state index is 11.8. The average molecular weight is 681 g/mol. The molecule has 0 N–H and O–H groups in total. The number of rotatable bonds is 30. The third-order valence-electron chi connectivity index (χ3n) is 12.2. The van der Waals surface area contributed by atoms with E-state index in [2.05, 4.69) is 13.8 Å². The van der Waals surface area contributed by atoms with Crippen molar-refractivity contribution in [3.63, 3.8) is 0 Å². The molecule has 1 saturated carbocycles. The van der Waals surface area contributed by atoms with E-state index in [-0.39, 0.29) is 17.7 Å². The summed E-state index contributed by atoms with van der Waals surface area (Å²) in [6, 6.07) is 0. The number of carbonyl (C=O) groups excluding carboxylic acids is 3. The number of nitrogens with zero attached hydrogens (tertiary/aromatic N) is 2. The number of unbranched alkanes of at least 4 members (excludes halogenated alkanes) is 18. The minimum atomic E-state index is -0.143. The number of hydrogen-bond acceptors (Lipinski definition) is 3. The molecule has 5 heteroatoms. The highest BCUT2D eigenvalue weighted by Gasteiger charge is 2.37. The maximum atomic E-state index is 11.8. The summed E-state index contributed by atoms with van der Waals surface area (Å²) in [5.74, 6) is 3.66. The highest BCUT2D eigenvalue weighted by atomic mass is 16.2.